The highest BCUT2D eigenvalue weighted by Crippen LogP contribution is 2.32. The molecule has 0 bridgehead atoms. The van der Waals surface area contributed by atoms with Gasteiger partial charge in [-0.2, -0.15) is 0 Å². The summed E-state index contributed by atoms with van der Waals surface area (Å²) in [5, 5.41) is 8.92. The maximum atomic E-state index is 4.48. The number of hydrogen-bond donors (Lipinski definition) is 1. The van der Waals surface area contributed by atoms with Gasteiger partial charge in [0.05, 0.1) is 18.3 Å². The highest BCUT2D eigenvalue weighted by atomic mass is 15.3. The Morgan fingerprint density at radius 1 is 0.778 bits per heavy atom. The molecule has 2 aromatic carbocycles. The number of H-pyrrole nitrogens is 1. The number of aromatic amines is 1. The van der Waals surface area contributed by atoms with E-state index in [2.05, 4.69) is 85.3 Å². The van der Waals surface area contributed by atoms with E-state index in [4.69, 9.17) is 0 Å². The van der Waals surface area contributed by atoms with Crippen LogP contribution in [-0.4, -0.2) is 31.2 Å². The van der Waals surface area contributed by atoms with Crippen LogP contribution in [0.5, 0.6) is 0 Å². The molecule has 3 heterocycles. The van der Waals surface area contributed by atoms with Crippen LogP contribution in [0.2, 0.25) is 0 Å². The van der Waals surface area contributed by atoms with Crippen LogP contribution in [0.4, 0.5) is 0 Å². The van der Waals surface area contributed by atoms with E-state index in [1.807, 2.05) is 18.3 Å². The highest BCUT2D eigenvalue weighted by molar-refractivity contribution is 5.49. The predicted octanol–water partition coefficient (Wildman–Crippen LogP) is 3.88. The summed E-state index contributed by atoms with van der Waals surface area (Å²) in [5.41, 5.74) is 3.63. The van der Waals surface area contributed by atoms with Crippen molar-refractivity contribution in [1.82, 2.24) is 24.6 Å². The van der Waals surface area contributed by atoms with E-state index >= 15 is 0 Å². The summed E-state index contributed by atoms with van der Waals surface area (Å²) < 4.78 is 2.23. The SMILES string of the molecule is c1ccc(C(c2ccccc2)N2CCn3c(nnc3-c3ccc[nH]3)C2)cc1. The van der Waals surface area contributed by atoms with E-state index in [0.29, 0.717) is 0 Å². The maximum Gasteiger partial charge on any atom is 0.180 e. The summed E-state index contributed by atoms with van der Waals surface area (Å²) in [6.07, 6.45) is 1.92. The van der Waals surface area contributed by atoms with Gasteiger partial charge in [-0.15, -0.1) is 10.2 Å². The van der Waals surface area contributed by atoms with Crippen LogP contribution >= 0.6 is 0 Å². The summed E-state index contributed by atoms with van der Waals surface area (Å²) in [7, 11) is 0. The van der Waals surface area contributed by atoms with E-state index < -0.39 is 0 Å². The molecule has 0 atom stereocenters. The Bertz CT molecular complexity index is 966. The monoisotopic (exact) mass is 355 g/mol. The topological polar surface area (TPSA) is 49.7 Å². The average Bonchev–Trinajstić information content (AvgIpc) is 3.39. The van der Waals surface area contributed by atoms with Crippen molar-refractivity contribution < 1.29 is 0 Å². The Balaban J connectivity index is 1.50. The van der Waals surface area contributed by atoms with Crippen molar-refractivity contribution >= 4 is 0 Å². The lowest BCUT2D eigenvalue weighted by molar-refractivity contribution is 0.176. The third-order valence-corrected chi connectivity index (χ3v) is 5.22. The summed E-state index contributed by atoms with van der Waals surface area (Å²) >= 11 is 0. The molecular formula is C22H21N5. The van der Waals surface area contributed by atoms with Crippen molar-refractivity contribution in [2.45, 2.75) is 19.1 Å². The van der Waals surface area contributed by atoms with Crippen molar-refractivity contribution in [3.63, 3.8) is 0 Å². The summed E-state index contributed by atoms with van der Waals surface area (Å²) in [6, 6.07) is 25.7. The van der Waals surface area contributed by atoms with E-state index in [1.165, 1.54) is 11.1 Å². The van der Waals surface area contributed by atoms with E-state index in [0.717, 1.165) is 37.0 Å². The first-order chi connectivity index (χ1) is 13.4. The van der Waals surface area contributed by atoms with Gasteiger partial charge in [0, 0.05) is 19.3 Å². The second-order valence-electron chi connectivity index (χ2n) is 6.87. The second kappa shape index (κ2) is 6.85. The predicted molar refractivity (Wildman–Crippen MR) is 105 cm³/mol. The first-order valence-electron chi connectivity index (χ1n) is 9.30. The summed E-state index contributed by atoms with van der Waals surface area (Å²) in [5.74, 6) is 1.94. The largest absolute Gasteiger partial charge is 0.359 e. The molecule has 2 aromatic heterocycles. The maximum absolute atomic E-state index is 4.48. The van der Waals surface area contributed by atoms with Crippen molar-refractivity contribution in [3.05, 3.63) is 95.9 Å². The van der Waals surface area contributed by atoms with Crippen LogP contribution in [0.15, 0.2) is 79.0 Å². The van der Waals surface area contributed by atoms with Gasteiger partial charge in [-0.25, -0.2) is 0 Å². The zero-order valence-electron chi connectivity index (χ0n) is 15.0. The van der Waals surface area contributed by atoms with Crippen LogP contribution in [0.1, 0.15) is 23.0 Å². The van der Waals surface area contributed by atoms with Gasteiger partial charge < -0.3 is 9.55 Å². The smallest absolute Gasteiger partial charge is 0.180 e. The van der Waals surface area contributed by atoms with Crippen molar-refractivity contribution in [3.8, 4) is 11.5 Å². The lowest BCUT2D eigenvalue weighted by Gasteiger charge is -2.35. The van der Waals surface area contributed by atoms with Gasteiger partial charge in [0.1, 0.15) is 5.82 Å². The zero-order chi connectivity index (χ0) is 18.1. The molecule has 0 radical (unpaired) electrons. The third-order valence-electron chi connectivity index (χ3n) is 5.22. The molecule has 134 valence electrons. The molecule has 1 N–H and O–H groups in total. The minimum Gasteiger partial charge on any atom is -0.359 e. The molecular weight excluding hydrogens is 334 g/mol. The molecule has 27 heavy (non-hydrogen) atoms. The first-order valence-corrected chi connectivity index (χ1v) is 9.30. The van der Waals surface area contributed by atoms with Gasteiger partial charge in [-0.05, 0) is 23.3 Å². The molecule has 0 spiro atoms. The molecule has 5 heteroatoms. The number of fused-ring (bicyclic) bond motifs is 1. The van der Waals surface area contributed by atoms with E-state index in [9.17, 15) is 0 Å². The molecule has 1 aliphatic heterocycles. The van der Waals surface area contributed by atoms with Crippen LogP contribution in [-0.2, 0) is 13.1 Å². The van der Waals surface area contributed by atoms with Crippen LogP contribution in [0.25, 0.3) is 11.5 Å². The molecule has 5 rings (SSSR count). The van der Waals surface area contributed by atoms with E-state index in [-0.39, 0.29) is 6.04 Å². The number of hydrogen-bond acceptors (Lipinski definition) is 3. The third kappa shape index (κ3) is 2.96. The van der Waals surface area contributed by atoms with Gasteiger partial charge in [0.15, 0.2) is 5.82 Å². The summed E-state index contributed by atoms with van der Waals surface area (Å²) in [6.45, 7) is 2.61. The molecule has 0 unspecified atom stereocenters. The fourth-order valence-electron chi connectivity index (χ4n) is 3.95. The van der Waals surface area contributed by atoms with Crippen molar-refractivity contribution in [1.29, 1.82) is 0 Å². The Labute approximate surface area is 158 Å². The average molecular weight is 355 g/mol. The number of rotatable bonds is 4. The number of benzene rings is 2. The second-order valence-corrected chi connectivity index (χ2v) is 6.87. The number of nitrogens with zero attached hydrogens (tertiary/aromatic N) is 4. The Morgan fingerprint density at radius 2 is 1.48 bits per heavy atom. The van der Waals surface area contributed by atoms with Gasteiger partial charge in [0.2, 0.25) is 0 Å². The number of aromatic nitrogens is 4. The molecule has 0 saturated heterocycles. The Kier molecular flexibility index (Phi) is 4.07. The highest BCUT2D eigenvalue weighted by Gasteiger charge is 2.28. The lowest BCUT2D eigenvalue weighted by Crippen LogP contribution is -2.37. The summed E-state index contributed by atoms with van der Waals surface area (Å²) in [4.78, 5) is 5.73. The lowest BCUT2D eigenvalue weighted by atomic mass is 9.96. The van der Waals surface area contributed by atoms with E-state index in [1.54, 1.807) is 0 Å². The van der Waals surface area contributed by atoms with Crippen molar-refractivity contribution in [2.24, 2.45) is 0 Å². The molecule has 0 fully saturated rings. The minimum atomic E-state index is 0.215. The Hall–Kier alpha value is -3.18. The molecule has 5 nitrogen and oxygen atoms in total. The van der Waals surface area contributed by atoms with Gasteiger partial charge >= 0.3 is 0 Å². The minimum absolute atomic E-state index is 0.215. The zero-order valence-corrected chi connectivity index (χ0v) is 15.0. The van der Waals surface area contributed by atoms with Gasteiger partial charge in [0.25, 0.3) is 0 Å². The van der Waals surface area contributed by atoms with Gasteiger partial charge in [-0.1, -0.05) is 60.7 Å². The van der Waals surface area contributed by atoms with Crippen molar-refractivity contribution in [2.75, 3.05) is 6.54 Å². The fourth-order valence-corrected chi connectivity index (χ4v) is 3.95. The normalized spacial score (nSPS) is 14.4. The molecule has 0 aliphatic carbocycles. The van der Waals surface area contributed by atoms with Crippen LogP contribution in [0, 0.1) is 0 Å². The molecule has 0 amide bonds. The Morgan fingerprint density at radius 3 is 2.11 bits per heavy atom. The fraction of sp³-hybridized carbons (Fsp3) is 0.182. The quantitative estimate of drug-likeness (QED) is 0.604. The van der Waals surface area contributed by atoms with Crippen LogP contribution in [0.3, 0.4) is 0 Å². The number of nitrogens with one attached hydrogen (secondary N) is 1. The molecule has 4 aromatic rings. The standard InChI is InChI=1S/C22H21N5/c1-3-8-17(9-4-1)21(18-10-5-2-6-11-18)26-14-15-27-20(16-26)24-25-22(27)19-12-7-13-23-19/h1-13,21,23H,14-16H2. The molecule has 1 aliphatic rings. The van der Waals surface area contributed by atoms with Crippen LogP contribution < -0.4 is 0 Å². The first kappa shape index (κ1) is 16.0. The van der Waals surface area contributed by atoms with Gasteiger partial charge in [-0.3, -0.25) is 4.90 Å². The molecule has 0 saturated carbocycles.